The molecule has 0 atom stereocenters. The maximum Gasteiger partial charge on any atom is 0.00355 e. The summed E-state index contributed by atoms with van der Waals surface area (Å²) in [5.41, 5.74) is 0. The molecule has 0 aromatic rings. The Morgan fingerprint density at radius 2 is 1.57 bits per heavy atom. The Balaban J connectivity index is 0. The zero-order valence-corrected chi connectivity index (χ0v) is 10.7. The average molecular weight is 198 g/mol. The smallest absolute Gasteiger partial charge is 0.00355 e. The molecule has 2 nitrogen and oxygen atoms in total. The summed E-state index contributed by atoms with van der Waals surface area (Å²) in [6.45, 7) is 8.51. The van der Waals surface area contributed by atoms with Crippen LogP contribution in [0.4, 0.5) is 0 Å². The van der Waals surface area contributed by atoms with Crippen LogP contribution in [0.15, 0.2) is 0 Å². The van der Waals surface area contributed by atoms with Crippen LogP contribution in [0.2, 0.25) is 0 Å². The highest BCUT2D eigenvalue weighted by atomic mass is 15.1. The van der Waals surface area contributed by atoms with E-state index in [4.69, 9.17) is 0 Å². The fraction of sp³-hybridized carbons (Fsp3) is 0.833. The van der Waals surface area contributed by atoms with Gasteiger partial charge in [0.25, 0.3) is 0 Å². The van der Waals surface area contributed by atoms with Crippen LogP contribution in [0.1, 0.15) is 27.2 Å². The van der Waals surface area contributed by atoms with Crippen LogP contribution in [0, 0.1) is 12.3 Å². The van der Waals surface area contributed by atoms with Gasteiger partial charge in [-0.05, 0) is 61.4 Å². The highest BCUT2D eigenvalue weighted by Crippen LogP contribution is 1.95. The molecule has 0 saturated carbocycles. The van der Waals surface area contributed by atoms with Gasteiger partial charge in [0.05, 0.1) is 0 Å². The van der Waals surface area contributed by atoms with Gasteiger partial charge in [-0.15, -0.1) is 12.3 Å². The summed E-state index contributed by atoms with van der Waals surface area (Å²) in [4.78, 5) is 4.61. The van der Waals surface area contributed by atoms with Gasteiger partial charge in [0.1, 0.15) is 0 Å². The molecule has 0 N–H and O–H groups in total. The molecule has 2 heteroatoms. The maximum absolute atomic E-state index is 4.60. The largest absolute Gasteiger partial charge is 0.309 e. The SMILES string of the molecule is C#CC.CC(C)N(C)CCCN(C)C. The molecule has 0 spiro atoms. The van der Waals surface area contributed by atoms with Gasteiger partial charge in [0.15, 0.2) is 0 Å². The second-order valence-electron chi connectivity index (χ2n) is 4.02. The van der Waals surface area contributed by atoms with E-state index in [9.17, 15) is 0 Å². The first-order valence-electron chi connectivity index (χ1n) is 5.18. The molecule has 0 aliphatic heterocycles. The summed E-state index contributed by atoms with van der Waals surface area (Å²) < 4.78 is 0. The molecule has 0 unspecified atom stereocenters. The number of terminal acetylenes is 1. The molecule has 0 saturated heterocycles. The third-order valence-corrected chi connectivity index (χ3v) is 2.00. The van der Waals surface area contributed by atoms with E-state index in [1.807, 2.05) is 0 Å². The van der Waals surface area contributed by atoms with E-state index in [2.05, 4.69) is 57.1 Å². The van der Waals surface area contributed by atoms with Gasteiger partial charge in [-0.25, -0.2) is 0 Å². The highest BCUT2D eigenvalue weighted by molar-refractivity contribution is 4.73. The van der Waals surface area contributed by atoms with Crippen molar-refractivity contribution in [3.63, 3.8) is 0 Å². The fourth-order valence-electron chi connectivity index (χ4n) is 0.895. The quantitative estimate of drug-likeness (QED) is 0.623. The highest BCUT2D eigenvalue weighted by Gasteiger charge is 2.01. The van der Waals surface area contributed by atoms with Crippen LogP contribution in [0.3, 0.4) is 0 Å². The number of nitrogens with zero attached hydrogens (tertiary/aromatic N) is 2. The van der Waals surface area contributed by atoms with Gasteiger partial charge in [-0.3, -0.25) is 0 Å². The average Bonchev–Trinajstić information content (AvgIpc) is 2.04. The van der Waals surface area contributed by atoms with Crippen LogP contribution in [-0.2, 0) is 0 Å². The van der Waals surface area contributed by atoms with Gasteiger partial charge in [-0.1, -0.05) is 0 Å². The summed E-state index contributed by atoms with van der Waals surface area (Å²) in [5, 5.41) is 0. The molecule has 0 rings (SSSR count). The van der Waals surface area contributed by atoms with Crippen molar-refractivity contribution < 1.29 is 0 Å². The minimum atomic E-state index is 0.678. The molecule has 14 heavy (non-hydrogen) atoms. The molecule has 0 radical (unpaired) electrons. The van der Waals surface area contributed by atoms with Crippen molar-refractivity contribution in [1.29, 1.82) is 0 Å². The molecule has 0 heterocycles. The predicted octanol–water partition coefficient (Wildman–Crippen LogP) is 1.92. The first kappa shape index (κ1) is 15.9. The zero-order valence-electron chi connectivity index (χ0n) is 10.7. The van der Waals surface area contributed by atoms with Crippen molar-refractivity contribution in [2.45, 2.75) is 33.2 Å². The molecule has 0 aliphatic carbocycles. The van der Waals surface area contributed by atoms with Gasteiger partial charge < -0.3 is 9.80 Å². The first-order valence-corrected chi connectivity index (χ1v) is 5.18. The Kier molecular flexibility index (Phi) is 12.0. The molecular formula is C12H26N2. The number of hydrogen-bond donors (Lipinski definition) is 0. The van der Waals surface area contributed by atoms with E-state index < -0.39 is 0 Å². The lowest BCUT2D eigenvalue weighted by molar-refractivity contribution is 0.255. The number of rotatable bonds is 5. The topological polar surface area (TPSA) is 6.48 Å². The first-order chi connectivity index (χ1) is 6.45. The lowest BCUT2D eigenvalue weighted by Crippen LogP contribution is -2.29. The summed E-state index contributed by atoms with van der Waals surface area (Å²) in [5.74, 6) is 2.25. The standard InChI is InChI=1S/C9H22N2.C3H4/c1-9(2)11(5)8-6-7-10(3)4;1-3-2/h9H,6-8H2,1-5H3;1H,2H3. The van der Waals surface area contributed by atoms with E-state index in [1.165, 1.54) is 19.5 Å². The Hall–Kier alpha value is -0.520. The van der Waals surface area contributed by atoms with E-state index in [-0.39, 0.29) is 0 Å². The van der Waals surface area contributed by atoms with Crippen LogP contribution in [0.25, 0.3) is 0 Å². The van der Waals surface area contributed by atoms with Crippen LogP contribution < -0.4 is 0 Å². The second-order valence-corrected chi connectivity index (χ2v) is 4.02. The van der Waals surface area contributed by atoms with Crippen molar-refractivity contribution in [2.75, 3.05) is 34.2 Å². The molecule has 84 valence electrons. The van der Waals surface area contributed by atoms with E-state index >= 15 is 0 Å². The molecule has 0 aromatic carbocycles. The Bertz CT molecular complexity index is 145. The molecule has 0 fully saturated rings. The summed E-state index contributed by atoms with van der Waals surface area (Å²) in [6.07, 6.45) is 5.86. The van der Waals surface area contributed by atoms with E-state index in [1.54, 1.807) is 6.92 Å². The van der Waals surface area contributed by atoms with Crippen molar-refractivity contribution in [2.24, 2.45) is 0 Å². The minimum Gasteiger partial charge on any atom is -0.309 e. The molecule has 0 amide bonds. The Morgan fingerprint density at radius 3 is 1.86 bits per heavy atom. The third-order valence-electron chi connectivity index (χ3n) is 2.00. The van der Waals surface area contributed by atoms with Crippen LogP contribution >= 0.6 is 0 Å². The van der Waals surface area contributed by atoms with Gasteiger partial charge in [0.2, 0.25) is 0 Å². The molecule has 0 bridgehead atoms. The van der Waals surface area contributed by atoms with Crippen molar-refractivity contribution in [3.8, 4) is 12.3 Å². The molecular weight excluding hydrogens is 172 g/mol. The van der Waals surface area contributed by atoms with E-state index in [0.29, 0.717) is 6.04 Å². The van der Waals surface area contributed by atoms with Crippen LogP contribution in [-0.4, -0.2) is 50.1 Å². The van der Waals surface area contributed by atoms with E-state index in [0.717, 1.165) is 0 Å². The van der Waals surface area contributed by atoms with Crippen LogP contribution in [0.5, 0.6) is 0 Å². The molecule has 0 aliphatic rings. The molecule has 0 aromatic heterocycles. The predicted molar refractivity (Wildman–Crippen MR) is 65.4 cm³/mol. The van der Waals surface area contributed by atoms with Crippen molar-refractivity contribution in [3.05, 3.63) is 0 Å². The third kappa shape index (κ3) is 14.0. The minimum absolute atomic E-state index is 0.678. The number of hydrogen-bond acceptors (Lipinski definition) is 2. The lowest BCUT2D eigenvalue weighted by Gasteiger charge is -2.21. The van der Waals surface area contributed by atoms with Gasteiger partial charge in [0, 0.05) is 6.04 Å². The lowest BCUT2D eigenvalue weighted by atomic mass is 10.3. The second kappa shape index (κ2) is 10.6. The Morgan fingerprint density at radius 1 is 1.14 bits per heavy atom. The fourth-order valence-corrected chi connectivity index (χ4v) is 0.895. The van der Waals surface area contributed by atoms with Crippen molar-refractivity contribution >= 4 is 0 Å². The summed E-state index contributed by atoms with van der Waals surface area (Å²) in [7, 11) is 6.42. The normalized spacial score (nSPS) is 10.0. The monoisotopic (exact) mass is 198 g/mol. The summed E-state index contributed by atoms with van der Waals surface area (Å²) in [6, 6.07) is 0.678. The van der Waals surface area contributed by atoms with Crippen molar-refractivity contribution in [1.82, 2.24) is 9.80 Å². The van der Waals surface area contributed by atoms with Gasteiger partial charge in [-0.2, -0.15) is 0 Å². The maximum atomic E-state index is 4.60. The van der Waals surface area contributed by atoms with Gasteiger partial charge >= 0.3 is 0 Å². The Labute approximate surface area is 90.3 Å². The zero-order chi connectivity index (χ0) is 11.6. The summed E-state index contributed by atoms with van der Waals surface area (Å²) >= 11 is 0.